The lowest BCUT2D eigenvalue weighted by atomic mass is 10.2. The Morgan fingerprint density at radius 1 is 1.19 bits per heavy atom. The zero-order valence-electron chi connectivity index (χ0n) is 16.1. The third kappa shape index (κ3) is 4.70. The predicted molar refractivity (Wildman–Crippen MR) is 116 cm³/mol. The Balaban J connectivity index is 1.55. The van der Waals surface area contributed by atoms with Crippen LogP contribution in [0.4, 0.5) is 33.8 Å². The molecule has 3 N–H and O–H groups in total. The van der Waals surface area contributed by atoms with Gasteiger partial charge in [-0.3, -0.25) is 10.1 Å². The minimum atomic E-state index is -1.14. The SMILES string of the molecule is O=C(O)c1ccsc1Nc1nc(Nc2ccc(N3CCOCC3)cc2)ncc1[N+](=O)[O-]. The third-order valence-electron chi connectivity index (χ3n) is 4.59. The number of thiophene rings is 1. The van der Waals surface area contributed by atoms with Crippen molar-refractivity contribution in [3.05, 3.63) is 57.6 Å². The van der Waals surface area contributed by atoms with Crippen LogP contribution in [0.3, 0.4) is 0 Å². The molecule has 0 bridgehead atoms. The number of rotatable bonds is 7. The second kappa shape index (κ2) is 8.93. The van der Waals surface area contributed by atoms with Gasteiger partial charge in [0, 0.05) is 24.5 Å². The summed E-state index contributed by atoms with van der Waals surface area (Å²) in [6, 6.07) is 9.07. The molecule has 3 heterocycles. The lowest BCUT2D eigenvalue weighted by Gasteiger charge is -2.28. The van der Waals surface area contributed by atoms with Crippen LogP contribution in [0.5, 0.6) is 0 Å². The highest BCUT2D eigenvalue weighted by Crippen LogP contribution is 2.31. The van der Waals surface area contributed by atoms with Gasteiger partial charge < -0.3 is 25.4 Å². The normalized spacial score (nSPS) is 13.6. The van der Waals surface area contributed by atoms with E-state index < -0.39 is 10.9 Å². The number of hydrogen-bond acceptors (Lipinski definition) is 10. The maximum Gasteiger partial charge on any atom is 0.338 e. The number of nitrogens with one attached hydrogen (secondary N) is 2. The maximum absolute atomic E-state index is 11.4. The highest BCUT2D eigenvalue weighted by molar-refractivity contribution is 7.14. The number of benzene rings is 1. The van der Waals surface area contributed by atoms with Gasteiger partial charge in [0.1, 0.15) is 11.2 Å². The molecular weight excluding hydrogens is 424 g/mol. The van der Waals surface area contributed by atoms with Crippen molar-refractivity contribution >= 4 is 51.1 Å². The van der Waals surface area contributed by atoms with E-state index in [4.69, 9.17) is 4.74 Å². The van der Waals surface area contributed by atoms with Crippen LogP contribution in [-0.4, -0.2) is 52.3 Å². The molecule has 11 nitrogen and oxygen atoms in total. The zero-order valence-corrected chi connectivity index (χ0v) is 17.0. The van der Waals surface area contributed by atoms with Gasteiger partial charge in [-0.2, -0.15) is 4.98 Å². The predicted octanol–water partition coefficient (Wildman–Crippen LogP) is 3.47. The van der Waals surface area contributed by atoms with Crippen molar-refractivity contribution in [2.75, 3.05) is 41.8 Å². The van der Waals surface area contributed by atoms with E-state index in [0.717, 1.165) is 36.3 Å². The van der Waals surface area contributed by atoms with Gasteiger partial charge in [0.05, 0.1) is 23.7 Å². The van der Waals surface area contributed by atoms with Gasteiger partial charge in [-0.15, -0.1) is 11.3 Å². The number of nitro groups is 1. The van der Waals surface area contributed by atoms with E-state index >= 15 is 0 Å². The van der Waals surface area contributed by atoms with Crippen LogP contribution >= 0.6 is 11.3 Å². The Labute approximate surface area is 180 Å². The summed E-state index contributed by atoms with van der Waals surface area (Å²) in [7, 11) is 0. The van der Waals surface area contributed by atoms with Gasteiger partial charge >= 0.3 is 11.7 Å². The quantitative estimate of drug-likeness (QED) is 0.367. The van der Waals surface area contributed by atoms with Crippen LogP contribution in [0.2, 0.25) is 0 Å². The molecule has 0 radical (unpaired) electrons. The van der Waals surface area contributed by atoms with E-state index in [1.54, 1.807) is 5.38 Å². The molecule has 0 amide bonds. The molecule has 31 heavy (non-hydrogen) atoms. The van der Waals surface area contributed by atoms with Gasteiger partial charge in [-0.1, -0.05) is 0 Å². The number of aromatic nitrogens is 2. The highest BCUT2D eigenvalue weighted by Gasteiger charge is 2.21. The molecule has 0 atom stereocenters. The van der Waals surface area contributed by atoms with E-state index in [-0.39, 0.29) is 28.0 Å². The van der Waals surface area contributed by atoms with Gasteiger partial charge in [0.15, 0.2) is 0 Å². The molecule has 0 saturated carbocycles. The van der Waals surface area contributed by atoms with Crippen LogP contribution < -0.4 is 15.5 Å². The molecule has 1 fully saturated rings. The van der Waals surface area contributed by atoms with E-state index in [1.807, 2.05) is 24.3 Å². The number of carboxylic acid groups (broad SMARTS) is 1. The molecule has 1 aromatic carbocycles. The van der Waals surface area contributed by atoms with Crippen molar-refractivity contribution < 1.29 is 19.6 Å². The van der Waals surface area contributed by atoms with Crippen LogP contribution in [0.15, 0.2) is 41.9 Å². The average Bonchev–Trinajstić information content (AvgIpc) is 3.23. The smallest absolute Gasteiger partial charge is 0.338 e. The van der Waals surface area contributed by atoms with Crippen LogP contribution in [0, 0.1) is 10.1 Å². The summed E-state index contributed by atoms with van der Waals surface area (Å²) in [5, 5.41) is 28.2. The van der Waals surface area contributed by atoms with Gasteiger partial charge in [0.2, 0.25) is 11.8 Å². The minimum Gasteiger partial charge on any atom is -0.478 e. The first-order valence-electron chi connectivity index (χ1n) is 9.30. The van der Waals surface area contributed by atoms with E-state index in [9.17, 15) is 20.0 Å². The Kier molecular flexibility index (Phi) is 5.91. The summed E-state index contributed by atoms with van der Waals surface area (Å²) in [4.78, 5) is 32.5. The fourth-order valence-electron chi connectivity index (χ4n) is 3.05. The summed E-state index contributed by atoms with van der Waals surface area (Å²) >= 11 is 1.11. The average molecular weight is 442 g/mol. The lowest BCUT2D eigenvalue weighted by molar-refractivity contribution is -0.384. The molecule has 1 aliphatic heterocycles. The standard InChI is InChI=1S/C19H18N6O5S/c26-18(27)14-5-10-31-17(14)22-16-15(25(28)29)11-20-19(23-16)21-12-1-3-13(4-2-12)24-6-8-30-9-7-24/h1-5,10-11H,6-9H2,(H,26,27)(H2,20,21,22,23). The van der Waals surface area contributed by atoms with Crippen molar-refractivity contribution in [1.29, 1.82) is 0 Å². The summed E-state index contributed by atoms with van der Waals surface area (Å²) in [6.07, 6.45) is 1.08. The molecule has 4 rings (SSSR count). The summed E-state index contributed by atoms with van der Waals surface area (Å²) in [6.45, 7) is 3.04. The molecule has 160 valence electrons. The summed E-state index contributed by atoms with van der Waals surface area (Å²) < 4.78 is 5.36. The molecule has 1 saturated heterocycles. The van der Waals surface area contributed by atoms with Crippen LogP contribution in [-0.2, 0) is 4.74 Å². The molecular formula is C19H18N6O5S. The summed E-state index contributed by atoms with van der Waals surface area (Å²) in [5.41, 5.74) is 1.42. The number of ether oxygens (including phenoxy) is 1. The first-order chi connectivity index (χ1) is 15.0. The number of aromatic carboxylic acids is 1. The Morgan fingerprint density at radius 3 is 2.61 bits per heavy atom. The van der Waals surface area contributed by atoms with Crippen LogP contribution in [0.1, 0.15) is 10.4 Å². The number of carboxylic acids is 1. The first-order valence-corrected chi connectivity index (χ1v) is 10.2. The molecule has 3 aromatic rings. The molecule has 2 aromatic heterocycles. The largest absolute Gasteiger partial charge is 0.478 e. The van der Waals surface area contributed by atoms with Crippen LogP contribution in [0.25, 0.3) is 0 Å². The molecule has 1 aliphatic rings. The molecule has 12 heteroatoms. The first kappa shape index (κ1) is 20.5. The molecule has 0 aliphatic carbocycles. The van der Waals surface area contributed by atoms with Gasteiger partial charge in [-0.25, -0.2) is 9.78 Å². The molecule has 0 unspecified atom stereocenters. The second-order valence-electron chi connectivity index (χ2n) is 6.55. The van der Waals surface area contributed by atoms with Crippen molar-refractivity contribution in [2.45, 2.75) is 0 Å². The fraction of sp³-hybridized carbons (Fsp3) is 0.211. The summed E-state index contributed by atoms with van der Waals surface area (Å²) in [5.74, 6) is -1.10. The Morgan fingerprint density at radius 2 is 1.94 bits per heavy atom. The number of anilines is 5. The Bertz CT molecular complexity index is 1100. The number of morpholine rings is 1. The second-order valence-corrected chi connectivity index (χ2v) is 7.47. The minimum absolute atomic E-state index is 0.00567. The molecule has 0 spiro atoms. The number of nitrogens with zero attached hydrogens (tertiary/aromatic N) is 4. The van der Waals surface area contributed by atoms with E-state index in [1.165, 1.54) is 6.07 Å². The monoisotopic (exact) mass is 442 g/mol. The van der Waals surface area contributed by atoms with Crippen molar-refractivity contribution in [2.24, 2.45) is 0 Å². The third-order valence-corrected chi connectivity index (χ3v) is 5.42. The van der Waals surface area contributed by atoms with Gasteiger partial charge in [-0.05, 0) is 35.7 Å². The van der Waals surface area contributed by atoms with Crippen molar-refractivity contribution in [3.8, 4) is 0 Å². The van der Waals surface area contributed by atoms with Crippen molar-refractivity contribution in [1.82, 2.24) is 9.97 Å². The van der Waals surface area contributed by atoms with Gasteiger partial charge in [0.25, 0.3) is 0 Å². The Hall–Kier alpha value is -3.77. The zero-order chi connectivity index (χ0) is 21.8. The maximum atomic E-state index is 11.4. The topological polar surface area (TPSA) is 143 Å². The fourth-order valence-corrected chi connectivity index (χ4v) is 3.83. The van der Waals surface area contributed by atoms with Crippen molar-refractivity contribution in [3.63, 3.8) is 0 Å². The lowest BCUT2D eigenvalue weighted by Crippen LogP contribution is -2.36. The number of hydrogen-bond donors (Lipinski definition) is 3. The number of carbonyl (C=O) groups is 1. The van der Waals surface area contributed by atoms with E-state index in [0.29, 0.717) is 18.9 Å². The van der Waals surface area contributed by atoms with E-state index in [2.05, 4.69) is 25.5 Å². The highest BCUT2D eigenvalue weighted by atomic mass is 32.1.